The van der Waals surface area contributed by atoms with Crippen molar-refractivity contribution in [3.8, 4) is 0 Å². The maximum absolute atomic E-state index is 11.8. The Morgan fingerprint density at radius 2 is 1.76 bits per heavy atom. The maximum atomic E-state index is 11.8. The molecule has 2 rings (SSSR count). The van der Waals surface area contributed by atoms with Gasteiger partial charge in [0.15, 0.2) is 0 Å². The van der Waals surface area contributed by atoms with Crippen LogP contribution in [-0.2, 0) is 0 Å². The fraction of sp³-hybridized carbons (Fsp3) is 0.0667. The molecule has 0 bridgehead atoms. The first-order valence-electron chi connectivity index (χ1n) is 6.02. The number of amides is 1. The average molecular weight is 431 g/mol. The lowest BCUT2D eigenvalue weighted by atomic mass is 10.2. The minimum atomic E-state index is -0.284. The number of hydrogen-bond acceptors (Lipinski definition) is 2. The molecule has 3 nitrogen and oxygen atoms in total. The molecule has 0 aromatic heterocycles. The van der Waals surface area contributed by atoms with E-state index < -0.39 is 0 Å². The van der Waals surface area contributed by atoms with Gasteiger partial charge in [-0.3, -0.25) is 4.79 Å². The van der Waals surface area contributed by atoms with Gasteiger partial charge in [0.2, 0.25) is 0 Å². The van der Waals surface area contributed by atoms with Crippen LogP contribution in [0, 0.1) is 6.92 Å². The molecule has 0 fully saturated rings. The molecule has 0 atom stereocenters. The molecule has 0 saturated heterocycles. The Hall–Kier alpha value is -1.17. The highest BCUT2D eigenvalue weighted by Gasteiger charge is 2.04. The largest absolute Gasteiger partial charge is 0.271 e. The molecule has 0 heterocycles. The van der Waals surface area contributed by atoms with Gasteiger partial charge < -0.3 is 0 Å². The molecule has 1 N–H and O–H groups in total. The van der Waals surface area contributed by atoms with Crippen LogP contribution in [0.15, 0.2) is 50.4 Å². The summed E-state index contributed by atoms with van der Waals surface area (Å²) < 4.78 is 1.95. The zero-order valence-electron chi connectivity index (χ0n) is 11.0. The summed E-state index contributed by atoms with van der Waals surface area (Å²) in [5.74, 6) is -0.284. The van der Waals surface area contributed by atoms with Crippen molar-refractivity contribution < 1.29 is 4.79 Å². The third-order valence-corrected chi connectivity index (χ3v) is 4.69. The van der Waals surface area contributed by atoms with Crippen molar-refractivity contribution in [3.63, 3.8) is 0 Å². The predicted molar refractivity (Wildman–Crippen MR) is 93.1 cm³/mol. The molecule has 108 valence electrons. The molecule has 2 aromatic rings. The van der Waals surface area contributed by atoms with Gasteiger partial charge in [0.05, 0.1) is 6.21 Å². The second-order valence-corrected chi connectivity index (χ2v) is 6.46. The third-order valence-electron chi connectivity index (χ3n) is 2.79. The van der Waals surface area contributed by atoms with Gasteiger partial charge in [-0.2, -0.15) is 5.10 Å². The van der Waals surface area contributed by atoms with E-state index in [9.17, 15) is 4.79 Å². The van der Waals surface area contributed by atoms with Crippen LogP contribution in [0.1, 0.15) is 21.5 Å². The summed E-state index contributed by atoms with van der Waals surface area (Å²) in [6.45, 7) is 2.00. The van der Waals surface area contributed by atoms with E-state index in [0.717, 1.165) is 20.1 Å². The van der Waals surface area contributed by atoms with Crippen LogP contribution in [0.25, 0.3) is 0 Å². The first-order chi connectivity index (χ1) is 9.97. The third kappa shape index (κ3) is 4.40. The van der Waals surface area contributed by atoms with E-state index in [-0.39, 0.29) is 5.91 Å². The van der Waals surface area contributed by atoms with Crippen LogP contribution >= 0.6 is 43.5 Å². The lowest BCUT2D eigenvalue weighted by Gasteiger charge is -2.03. The van der Waals surface area contributed by atoms with Crippen LogP contribution in [0.4, 0.5) is 0 Å². The van der Waals surface area contributed by atoms with Gasteiger partial charge in [0, 0.05) is 19.5 Å². The quantitative estimate of drug-likeness (QED) is 0.544. The Morgan fingerprint density at radius 1 is 1.19 bits per heavy atom. The summed E-state index contributed by atoms with van der Waals surface area (Å²) in [5.41, 5.74) is 4.96. The summed E-state index contributed by atoms with van der Waals surface area (Å²) in [7, 11) is 0. The number of hydrogen-bond donors (Lipinski definition) is 1. The number of rotatable bonds is 3. The number of nitrogens with one attached hydrogen (secondary N) is 1. The zero-order chi connectivity index (χ0) is 15.4. The molecule has 0 aliphatic heterocycles. The van der Waals surface area contributed by atoms with E-state index in [4.69, 9.17) is 11.6 Å². The number of hydrazone groups is 1. The number of nitrogens with zero attached hydrogens (tertiary/aromatic N) is 1. The first kappa shape index (κ1) is 16.2. The van der Waals surface area contributed by atoms with Crippen molar-refractivity contribution >= 4 is 55.6 Å². The van der Waals surface area contributed by atoms with Crippen molar-refractivity contribution in [1.29, 1.82) is 0 Å². The number of carbonyl (C=O) groups excluding carboxylic acids is 1. The second kappa shape index (κ2) is 7.20. The van der Waals surface area contributed by atoms with Gasteiger partial charge in [0.1, 0.15) is 0 Å². The van der Waals surface area contributed by atoms with Crippen molar-refractivity contribution in [2.24, 2.45) is 5.10 Å². The Bertz CT molecular complexity index is 676. The highest BCUT2D eigenvalue weighted by molar-refractivity contribution is 9.11. The Kier molecular flexibility index (Phi) is 5.56. The Balaban J connectivity index is 2.05. The van der Waals surface area contributed by atoms with Crippen molar-refractivity contribution in [3.05, 3.63) is 67.1 Å². The SMILES string of the molecule is Cc1c(Br)cc(/C=N\NC(=O)c2ccc(Cl)cc2)cc1Br. The zero-order valence-corrected chi connectivity index (χ0v) is 15.0. The van der Waals surface area contributed by atoms with E-state index in [1.807, 2.05) is 19.1 Å². The van der Waals surface area contributed by atoms with Gasteiger partial charge in [0.25, 0.3) is 5.91 Å². The lowest BCUT2D eigenvalue weighted by Crippen LogP contribution is -2.17. The standard InChI is InChI=1S/C15H11Br2ClN2O/c1-9-13(16)6-10(7-14(9)17)8-19-20-15(21)11-2-4-12(18)5-3-11/h2-8H,1H3,(H,20,21)/b19-8-. The molecule has 0 unspecified atom stereocenters. The molecule has 21 heavy (non-hydrogen) atoms. The van der Waals surface area contributed by atoms with E-state index in [0.29, 0.717) is 10.6 Å². The fourth-order valence-electron chi connectivity index (χ4n) is 1.57. The molecule has 0 aliphatic carbocycles. The van der Waals surface area contributed by atoms with Gasteiger partial charge in [-0.25, -0.2) is 5.43 Å². The van der Waals surface area contributed by atoms with Crippen molar-refractivity contribution in [2.75, 3.05) is 0 Å². The smallest absolute Gasteiger partial charge is 0.267 e. The molecule has 0 radical (unpaired) electrons. The minimum absolute atomic E-state index is 0.284. The van der Waals surface area contributed by atoms with Crippen LogP contribution in [0.3, 0.4) is 0 Å². The van der Waals surface area contributed by atoms with E-state index >= 15 is 0 Å². The van der Waals surface area contributed by atoms with Gasteiger partial charge in [-0.15, -0.1) is 0 Å². The van der Waals surface area contributed by atoms with Crippen LogP contribution in [0.5, 0.6) is 0 Å². The van der Waals surface area contributed by atoms with Gasteiger partial charge in [-0.1, -0.05) is 43.5 Å². The van der Waals surface area contributed by atoms with Gasteiger partial charge >= 0.3 is 0 Å². The number of benzene rings is 2. The molecular weight excluding hydrogens is 419 g/mol. The monoisotopic (exact) mass is 428 g/mol. The molecule has 6 heteroatoms. The molecule has 2 aromatic carbocycles. The van der Waals surface area contributed by atoms with E-state index in [1.54, 1.807) is 30.5 Å². The fourth-order valence-corrected chi connectivity index (χ4v) is 2.92. The summed E-state index contributed by atoms with van der Waals surface area (Å²) in [6.07, 6.45) is 1.59. The van der Waals surface area contributed by atoms with E-state index in [1.165, 1.54) is 0 Å². The van der Waals surface area contributed by atoms with Crippen molar-refractivity contribution in [2.45, 2.75) is 6.92 Å². The topological polar surface area (TPSA) is 41.5 Å². The summed E-state index contributed by atoms with van der Waals surface area (Å²) >= 11 is 12.7. The molecular formula is C15H11Br2ClN2O. The molecule has 0 aliphatic rings. The van der Waals surface area contributed by atoms with Crippen LogP contribution in [-0.4, -0.2) is 12.1 Å². The van der Waals surface area contributed by atoms with Crippen LogP contribution in [0.2, 0.25) is 5.02 Å². The predicted octanol–water partition coefficient (Wildman–Crippen LogP) is 4.94. The maximum Gasteiger partial charge on any atom is 0.271 e. The van der Waals surface area contributed by atoms with E-state index in [2.05, 4.69) is 42.4 Å². The first-order valence-corrected chi connectivity index (χ1v) is 7.98. The van der Waals surface area contributed by atoms with Crippen molar-refractivity contribution in [1.82, 2.24) is 5.43 Å². The second-order valence-electron chi connectivity index (χ2n) is 4.32. The normalized spacial score (nSPS) is 10.9. The molecule has 0 saturated carbocycles. The average Bonchev–Trinajstić information content (AvgIpc) is 2.45. The summed E-state index contributed by atoms with van der Waals surface area (Å²) in [6, 6.07) is 10.5. The molecule has 0 spiro atoms. The minimum Gasteiger partial charge on any atom is -0.267 e. The Morgan fingerprint density at radius 3 is 2.33 bits per heavy atom. The summed E-state index contributed by atoms with van der Waals surface area (Å²) in [4.78, 5) is 11.8. The van der Waals surface area contributed by atoms with Crippen LogP contribution < -0.4 is 5.43 Å². The summed E-state index contributed by atoms with van der Waals surface area (Å²) in [5, 5.41) is 4.54. The lowest BCUT2D eigenvalue weighted by molar-refractivity contribution is 0.0955. The number of halogens is 3. The number of carbonyl (C=O) groups is 1. The molecule has 1 amide bonds. The Labute approximate surface area is 144 Å². The van der Waals surface area contributed by atoms with Gasteiger partial charge in [-0.05, 0) is 54.4 Å². The highest BCUT2D eigenvalue weighted by atomic mass is 79.9. The highest BCUT2D eigenvalue weighted by Crippen LogP contribution is 2.25.